The summed E-state index contributed by atoms with van der Waals surface area (Å²) >= 11 is 11.2. The van der Waals surface area contributed by atoms with E-state index in [1.165, 1.54) is 26.2 Å². The molecule has 1 fully saturated rings. The molecule has 0 saturated carbocycles. The van der Waals surface area contributed by atoms with Gasteiger partial charge in [0.15, 0.2) is 22.7 Å². The number of amides is 2. The minimum atomic E-state index is -1.19. The molecule has 0 unspecified atom stereocenters. The average Bonchev–Trinajstić information content (AvgIpc) is 2.71. The normalized spacial score (nSPS) is 16.2. The number of carboxylic acids is 1. The summed E-state index contributed by atoms with van der Waals surface area (Å²) in [5.74, 6) is -2.23. The summed E-state index contributed by atoms with van der Waals surface area (Å²) in [6.45, 7) is 1.35. The summed E-state index contributed by atoms with van der Waals surface area (Å²) in [4.78, 5) is 38.1. The van der Waals surface area contributed by atoms with Crippen molar-refractivity contribution in [2.45, 2.75) is 13.0 Å². The van der Waals surface area contributed by atoms with Crippen LogP contribution in [0.25, 0.3) is 6.08 Å². The number of rotatable bonds is 6. The highest BCUT2D eigenvalue weighted by atomic mass is 35.5. The molecule has 0 bridgehead atoms. The van der Waals surface area contributed by atoms with Gasteiger partial charge in [0.05, 0.1) is 12.8 Å². The molecule has 2 aromatic carbocycles. The Morgan fingerprint density at radius 1 is 1.26 bits per heavy atom. The van der Waals surface area contributed by atoms with Crippen LogP contribution >= 0.6 is 23.8 Å². The quantitative estimate of drug-likeness (QED) is 0.388. The van der Waals surface area contributed by atoms with Gasteiger partial charge in [0, 0.05) is 10.6 Å². The molecule has 160 valence electrons. The zero-order valence-corrected chi connectivity index (χ0v) is 18.0. The summed E-state index contributed by atoms with van der Waals surface area (Å²) < 4.78 is 10.8. The van der Waals surface area contributed by atoms with Crippen molar-refractivity contribution >= 4 is 58.5 Å². The van der Waals surface area contributed by atoms with E-state index in [2.05, 4.69) is 5.32 Å². The lowest BCUT2D eigenvalue weighted by molar-refractivity contribution is -0.144. The van der Waals surface area contributed by atoms with Crippen molar-refractivity contribution < 1.29 is 29.0 Å². The lowest BCUT2D eigenvalue weighted by atomic mass is 10.1. The first-order chi connectivity index (χ1) is 14.7. The van der Waals surface area contributed by atoms with Gasteiger partial charge in [0.1, 0.15) is 5.57 Å². The van der Waals surface area contributed by atoms with Gasteiger partial charge in [-0.3, -0.25) is 19.8 Å². The molecule has 0 radical (unpaired) electrons. The Morgan fingerprint density at radius 3 is 2.61 bits per heavy atom. The zero-order chi connectivity index (χ0) is 22.7. The van der Waals surface area contributed by atoms with E-state index < -0.39 is 23.9 Å². The smallest absolute Gasteiger partial charge is 0.344 e. The van der Waals surface area contributed by atoms with Crippen LogP contribution in [0.5, 0.6) is 11.5 Å². The molecule has 2 N–H and O–H groups in total. The number of aliphatic carboxylic acids is 1. The number of para-hydroxylation sites is 1. The number of benzene rings is 2. The van der Waals surface area contributed by atoms with Crippen molar-refractivity contribution in [2.24, 2.45) is 0 Å². The maximum absolute atomic E-state index is 13.2. The molecular weight excluding hydrogens is 444 g/mol. The van der Waals surface area contributed by atoms with E-state index in [1.54, 1.807) is 36.4 Å². The Balaban J connectivity index is 2.08. The number of nitrogens with one attached hydrogen (secondary N) is 1. The molecule has 1 heterocycles. The van der Waals surface area contributed by atoms with Crippen LogP contribution in [0.2, 0.25) is 5.02 Å². The topological polar surface area (TPSA) is 105 Å². The standard InChI is InChI=1S/C21H17ClN2O6S/c1-11(20(27)28)30-17-12(5-3-8-16(17)29-2)9-15-18(25)23-21(31)24(19(15)26)14-7-4-6-13(22)10-14/h3-11H,1-2H3,(H,27,28)(H,23,25,31)/b15-9+/t11-/m0/s1. The fourth-order valence-corrected chi connectivity index (χ4v) is 3.29. The highest BCUT2D eigenvalue weighted by molar-refractivity contribution is 7.80. The lowest BCUT2D eigenvalue weighted by Gasteiger charge is -2.29. The number of carbonyl (C=O) groups is 3. The second kappa shape index (κ2) is 9.15. The van der Waals surface area contributed by atoms with Crippen LogP contribution in [-0.4, -0.2) is 41.2 Å². The van der Waals surface area contributed by atoms with Crippen LogP contribution in [0.4, 0.5) is 5.69 Å². The first-order valence-electron chi connectivity index (χ1n) is 8.96. The number of hydrogen-bond donors (Lipinski definition) is 2. The fourth-order valence-electron chi connectivity index (χ4n) is 2.82. The molecule has 1 saturated heterocycles. The third kappa shape index (κ3) is 4.68. The predicted octanol–water partition coefficient (Wildman–Crippen LogP) is 3.03. The number of ether oxygens (including phenoxy) is 2. The summed E-state index contributed by atoms with van der Waals surface area (Å²) in [5.41, 5.74) is 0.439. The summed E-state index contributed by atoms with van der Waals surface area (Å²) in [6, 6.07) is 11.2. The molecule has 0 aliphatic carbocycles. The highest BCUT2D eigenvalue weighted by Crippen LogP contribution is 2.34. The predicted molar refractivity (Wildman–Crippen MR) is 118 cm³/mol. The number of anilines is 1. The van der Waals surface area contributed by atoms with Crippen LogP contribution < -0.4 is 19.7 Å². The van der Waals surface area contributed by atoms with Crippen LogP contribution in [0.15, 0.2) is 48.0 Å². The SMILES string of the molecule is COc1cccc(/C=C2\C(=O)NC(=S)N(c3cccc(Cl)c3)C2=O)c1O[C@@H](C)C(=O)O. The van der Waals surface area contributed by atoms with Crippen molar-refractivity contribution in [2.75, 3.05) is 12.0 Å². The van der Waals surface area contributed by atoms with Crippen LogP contribution in [0.3, 0.4) is 0 Å². The van der Waals surface area contributed by atoms with Gasteiger partial charge in [-0.15, -0.1) is 0 Å². The number of halogens is 1. The monoisotopic (exact) mass is 460 g/mol. The zero-order valence-electron chi connectivity index (χ0n) is 16.4. The van der Waals surface area contributed by atoms with Gasteiger partial charge in [0.25, 0.3) is 11.8 Å². The molecule has 31 heavy (non-hydrogen) atoms. The summed E-state index contributed by atoms with van der Waals surface area (Å²) in [6.07, 6.45) is 0.100. The molecular formula is C21H17ClN2O6S. The maximum Gasteiger partial charge on any atom is 0.344 e. The second-order valence-corrected chi connectivity index (χ2v) is 7.24. The Labute approximate surface area is 188 Å². The van der Waals surface area contributed by atoms with E-state index in [9.17, 15) is 19.5 Å². The largest absolute Gasteiger partial charge is 0.493 e. The number of nitrogens with zero attached hydrogens (tertiary/aromatic N) is 1. The molecule has 8 nitrogen and oxygen atoms in total. The number of carboxylic acid groups (broad SMARTS) is 1. The number of thiocarbonyl (C=S) groups is 1. The lowest BCUT2D eigenvalue weighted by Crippen LogP contribution is -2.54. The second-order valence-electron chi connectivity index (χ2n) is 6.41. The maximum atomic E-state index is 13.2. The van der Waals surface area contributed by atoms with E-state index in [1.807, 2.05) is 0 Å². The Kier molecular flexibility index (Phi) is 6.57. The van der Waals surface area contributed by atoms with Gasteiger partial charge in [-0.2, -0.15) is 0 Å². The first kappa shape index (κ1) is 22.3. The number of hydrogen-bond acceptors (Lipinski definition) is 6. The highest BCUT2D eigenvalue weighted by Gasteiger charge is 2.35. The summed E-state index contributed by atoms with van der Waals surface area (Å²) in [5, 5.41) is 12.0. The molecule has 0 aromatic heterocycles. The van der Waals surface area contributed by atoms with E-state index >= 15 is 0 Å². The number of carbonyl (C=O) groups excluding carboxylic acids is 2. The van der Waals surface area contributed by atoms with E-state index in [0.717, 1.165) is 4.90 Å². The molecule has 0 spiro atoms. The first-order valence-corrected chi connectivity index (χ1v) is 9.75. The van der Waals surface area contributed by atoms with Gasteiger partial charge < -0.3 is 14.6 Å². The van der Waals surface area contributed by atoms with Gasteiger partial charge in [0.2, 0.25) is 0 Å². The van der Waals surface area contributed by atoms with Crippen molar-refractivity contribution in [3.8, 4) is 11.5 Å². The van der Waals surface area contributed by atoms with E-state index in [0.29, 0.717) is 10.7 Å². The molecule has 2 amide bonds. The molecule has 2 aromatic rings. The van der Waals surface area contributed by atoms with E-state index in [4.69, 9.17) is 33.3 Å². The molecule has 10 heteroatoms. The Bertz CT molecular complexity index is 1120. The van der Waals surface area contributed by atoms with Crippen molar-refractivity contribution in [3.63, 3.8) is 0 Å². The van der Waals surface area contributed by atoms with Gasteiger partial charge in [-0.1, -0.05) is 29.8 Å². The van der Waals surface area contributed by atoms with Crippen molar-refractivity contribution in [3.05, 3.63) is 58.6 Å². The average molecular weight is 461 g/mol. The van der Waals surface area contributed by atoms with Gasteiger partial charge >= 0.3 is 5.97 Å². The molecule has 1 aliphatic rings. The fraction of sp³-hybridized carbons (Fsp3) is 0.143. The van der Waals surface area contributed by atoms with Crippen molar-refractivity contribution in [1.82, 2.24) is 5.32 Å². The van der Waals surface area contributed by atoms with Crippen LogP contribution in [0, 0.1) is 0 Å². The molecule has 1 aliphatic heterocycles. The third-order valence-corrected chi connectivity index (χ3v) is 4.86. The minimum absolute atomic E-state index is 0.0791. The third-order valence-electron chi connectivity index (χ3n) is 4.34. The minimum Gasteiger partial charge on any atom is -0.493 e. The van der Waals surface area contributed by atoms with E-state index in [-0.39, 0.29) is 27.7 Å². The van der Waals surface area contributed by atoms with Crippen LogP contribution in [0.1, 0.15) is 12.5 Å². The Morgan fingerprint density at radius 2 is 1.97 bits per heavy atom. The molecule has 3 rings (SSSR count). The van der Waals surface area contributed by atoms with Gasteiger partial charge in [-0.05, 0) is 49.5 Å². The number of methoxy groups -OCH3 is 1. The van der Waals surface area contributed by atoms with Crippen LogP contribution in [-0.2, 0) is 14.4 Å². The van der Waals surface area contributed by atoms with Crippen molar-refractivity contribution in [1.29, 1.82) is 0 Å². The Hall–Kier alpha value is -3.43. The van der Waals surface area contributed by atoms with Gasteiger partial charge in [-0.25, -0.2) is 4.79 Å². The molecule has 1 atom stereocenters. The summed E-state index contributed by atoms with van der Waals surface area (Å²) in [7, 11) is 1.39.